The first-order valence-corrected chi connectivity index (χ1v) is 8.90. The third kappa shape index (κ3) is 6.51. The molecule has 142 valence electrons. The lowest BCUT2D eigenvalue weighted by Gasteiger charge is -2.06. The highest BCUT2D eigenvalue weighted by Gasteiger charge is 2.08. The molecule has 0 saturated carbocycles. The Labute approximate surface area is 168 Å². The van der Waals surface area contributed by atoms with Crippen LogP contribution < -0.4 is 15.5 Å². The summed E-state index contributed by atoms with van der Waals surface area (Å²) in [5.41, 5.74) is 3.41. The number of nitrogens with one attached hydrogen (secondary N) is 2. The largest absolute Gasteiger partial charge is 0.504 e. The van der Waals surface area contributed by atoms with Crippen molar-refractivity contribution in [3.8, 4) is 11.5 Å². The van der Waals surface area contributed by atoms with Gasteiger partial charge in [-0.25, -0.2) is 9.82 Å². The summed E-state index contributed by atoms with van der Waals surface area (Å²) < 4.78 is 18.4. The number of halogens is 2. The van der Waals surface area contributed by atoms with Crippen LogP contribution in [0, 0.1) is 9.39 Å². The molecule has 2 amide bonds. The standard InChI is InChI=1S/C18H17FIN3O4/c1-27-15-9-11(8-14(20)18(15)26)10-21-23-17(25)7-6-16(24)22-13-4-2-12(19)3-5-13/h2-5,8-10,26H,6-7H2,1H3,(H,22,24)(H,23,25). The number of methoxy groups -OCH3 is 1. The highest BCUT2D eigenvalue weighted by Crippen LogP contribution is 2.31. The molecule has 0 aliphatic carbocycles. The molecule has 0 fully saturated rings. The van der Waals surface area contributed by atoms with E-state index in [0.29, 0.717) is 20.6 Å². The fourth-order valence-electron chi connectivity index (χ4n) is 2.04. The van der Waals surface area contributed by atoms with Crippen molar-refractivity contribution in [1.82, 2.24) is 5.43 Å². The van der Waals surface area contributed by atoms with Crippen LogP contribution in [-0.4, -0.2) is 30.2 Å². The van der Waals surface area contributed by atoms with E-state index in [4.69, 9.17) is 4.74 Å². The van der Waals surface area contributed by atoms with Gasteiger partial charge in [0.15, 0.2) is 11.5 Å². The minimum Gasteiger partial charge on any atom is -0.504 e. The highest BCUT2D eigenvalue weighted by atomic mass is 127. The molecule has 0 bridgehead atoms. The van der Waals surface area contributed by atoms with Crippen LogP contribution in [-0.2, 0) is 9.59 Å². The number of phenols is 1. The molecular formula is C18H17FIN3O4. The van der Waals surface area contributed by atoms with Crippen LogP contribution in [0.25, 0.3) is 0 Å². The van der Waals surface area contributed by atoms with Crippen LogP contribution in [0.1, 0.15) is 18.4 Å². The van der Waals surface area contributed by atoms with Crippen molar-refractivity contribution < 1.29 is 23.8 Å². The van der Waals surface area contributed by atoms with Gasteiger partial charge >= 0.3 is 0 Å². The Balaban J connectivity index is 1.80. The van der Waals surface area contributed by atoms with Gasteiger partial charge in [0.2, 0.25) is 11.8 Å². The summed E-state index contributed by atoms with van der Waals surface area (Å²) in [6.45, 7) is 0. The number of rotatable bonds is 7. The van der Waals surface area contributed by atoms with Gasteiger partial charge in [-0.3, -0.25) is 9.59 Å². The number of hydrogen-bond donors (Lipinski definition) is 3. The maximum atomic E-state index is 12.8. The van der Waals surface area contributed by atoms with Crippen molar-refractivity contribution >= 4 is 46.3 Å². The molecular weight excluding hydrogens is 468 g/mol. The van der Waals surface area contributed by atoms with Crippen LogP contribution in [0.2, 0.25) is 0 Å². The molecule has 0 atom stereocenters. The van der Waals surface area contributed by atoms with Gasteiger partial charge in [0, 0.05) is 18.5 Å². The number of hydrazone groups is 1. The summed E-state index contributed by atoms with van der Waals surface area (Å²) in [6, 6.07) is 8.58. The average molecular weight is 485 g/mol. The second-order valence-corrected chi connectivity index (χ2v) is 6.56. The number of benzene rings is 2. The summed E-state index contributed by atoms with van der Waals surface area (Å²) in [7, 11) is 1.44. The lowest BCUT2D eigenvalue weighted by molar-refractivity contribution is -0.124. The SMILES string of the molecule is COc1cc(C=NNC(=O)CCC(=O)Nc2ccc(F)cc2)cc(I)c1O. The lowest BCUT2D eigenvalue weighted by atomic mass is 10.2. The molecule has 9 heteroatoms. The van der Waals surface area contributed by atoms with Crippen LogP contribution in [0.4, 0.5) is 10.1 Å². The van der Waals surface area contributed by atoms with Crippen molar-refractivity contribution in [2.24, 2.45) is 5.10 Å². The minimum atomic E-state index is -0.430. The van der Waals surface area contributed by atoms with E-state index in [0.717, 1.165) is 0 Å². The van der Waals surface area contributed by atoms with Gasteiger partial charge in [-0.05, 0) is 64.6 Å². The molecule has 0 heterocycles. The number of amides is 2. The van der Waals surface area contributed by atoms with E-state index < -0.39 is 11.7 Å². The topological polar surface area (TPSA) is 100 Å². The molecule has 7 nitrogen and oxygen atoms in total. The molecule has 2 rings (SSSR count). The molecule has 3 N–H and O–H groups in total. The Morgan fingerprint density at radius 1 is 1.22 bits per heavy atom. The molecule has 27 heavy (non-hydrogen) atoms. The number of carbonyl (C=O) groups is 2. The summed E-state index contributed by atoms with van der Waals surface area (Å²) in [4.78, 5) is 23.5. The van der Waals surface area contributed by atoms with E-state index in [1.165, 1.54) is 37.6 Å². The number of hydrogen-bond acceptors (Lipinski definition) is 5. The first-order chi connectivity index (χ1) is 12.9. The van der Waals surface area contributed by atoms with Gasteiger partial charge in [0.1, 0.15) is 5.82 Å². The molecule has 0 saturated heterocycles. The predicted octanol–water partition coefficient (Wildman–Crippen LogP) is 3.01. The Morgan fingerprint density at radius 2 is 1.89 bits per heavy atom. The highest BCUT2D eigenvalue weighted by molar-refractivity contribution is 14.1. The smallest absolute Gasteiger partial charge is 0.240 e. The van der Waals surface area contributed by atoms with Gasteiger partial charge in [-0.2, -0.15) is 5.10 Å². The monoisotopic (exact) mass is 485 g/mol. The maximum absolute atomic E-state index is 12.8. The molecule has 2 aromatic carbocycles. The van der Waals surface area contributed by atoms with Crippen LogP contribution in [0.15, 0.2) is 41.5 Å². The summed E-state index contributed by atoms with van der Waals surface area (Å²) in [5.74, 6) is -0.857. The lowest BCUT2D eigenvalue weighted by Crippen LogP contribution is -2.20. The molecule has 0 spiro atoms. The van der Waals surface area contributed by atoms with Crippen molar-refractivity contribution in [2.75, 3.05) is 12.4 Å². The van der Waals surface area contributed by atoms with Crippen molar-refractivity contribution in [3.05, 3.63) is 51.3 Å². The Morgan fingerprint density at radius 3 is 2.56 bits per heavy atom. The molecule has 0 aliphatic rings. The molecule has 0 aliphatic heterocycles. The van der Waals surface area contributed by atoms with E-state index in [2.05, 4.69) is 15.8 Å². The number of ether oxygens (including phenoxy) is 1. The first kappa shape index (κ1) is 20.6. The zero-order chi connectivity index (χ0) is 19.8. The van der Waals surface area contributed by atoms with Gasteiger partial charge in [-0.15, -0.1) is 0 Å². The molecule has 2 aromatic rings. The zero-order valence-corrected chi connectivity index (χ0v) is 16.5. The minimum absolute atomic E-state index is 0.0338. The van der Waals surface area contributed by atoms with E-state index in [1.54, 1.807) is 12.1 Å². The summed E-state index contributed by atoms with van der Waals surface area (Å²) in [6.07, 6.45) is 1.31. The number of anilines is 1. The number of carbonyl (C=O) groups excluding carboxylic acids is 2. The fourth-order valence-corrected chi connectivity index (χ4v) is 2.67. The van der Waals surface area contributed by atoms with Crippen molar-refractivity contribution in [1.29, 1.82) is 0 Å². The Bertz CT molecular complexity index is 856. The number of aromatic hydroxyl groups is 1. The molecule has 0 aromatic heterocycles. The van der Waals surface area contributed by atoms with Crippen molar-refractivity contribution in [3.63, 3.8) is 0 Å². The van der Waals surface area contributed by atoms with E-state index >= 15 is 0 Å². The van der Waals surface area contributed by atoms with Crippen molar-refractivity contribution in [2.45, 2.75) is 12.8 Å². The summed E-state index contributed by atoms with van der Waals surface area (Å²) >= 11 is 1.95. The first-order valence-electron chi connectivity index (χ1n) is 7.83. The predicted molar refractivity (Wildman–Crippen MR) is 107 cm³/mol. The third-order valence-corrected chi connectivity index (χ3v) is 4.20. The maximum Gasteiger partial charge on any atom is 0.240 e. The normalized spacial score (nSPS) is 10.6. The third-order valence-electron chi connectivity index (χ3n) is 3.38. The van der Waals surface area contributed by atoms with Crippen LogP contribution in [0.5, 0.6) is 11.5 Å². The number of nitrogens with zero attached hydrogens (tertiary/aromatic N) is 1. The van der Waals surface area contributed by atoms with Crippen LogP contribution in [0.3, 0.4) is 0 Å². The average Bonchev–Trinajstić information content (AvgIpc) is 2.64. The van der Waals surface area contributed by atoms with Gasteiger partial charge < -0.3 is 15.2 Å². The van der Waals surface area contributed by atoms with Gasteiger partial charge in [-0.1, -0.05) is 0 Å². The second-order valence-electron chi connectivity index (χ2n) is 5.40. The number of phenolic OH excluding ortho intramolecular Hbond substituents is 1. The quantitative estimate of drug-likeness (QED) is 0.319. The Kier molecular flexibility index (Phi) is 7.53. The van der Waals surface area contributed by atoms with Gasteiger partial charge in [0.25, 0.3) is 0 Å². The molecule has 0 unspecified atom stereocenters. The molecule has 0 radical (unpaired) electrons. The zero-order valence-electron chi connectivity index (χ0n) is 14.3. The van der Waals surface area contributed by atoms with E-state index in [9.17, 15) is 19.1 Å². The fraction of sp³-hybridized carbons (Fsp3) is 0.167. The Hall–Kier alpha value is -2.69. The van der Waals surface area contributed by atoms with Gasteiger partial charge in [0.05, 0.1) is 16.9 Å². The summed E-state index contributed by atoms with van der Waals surface area (Å²) in [5, 5.41) is 16.2. The van der Waals surface area contributed by atoms with Crippen LogP contribution >= 0.6 is 22.6 Å². The van der Waals surface area contributed by atoms with E-state index in [-0.39, 0.29) is 24.5 Å². The van der Waals surface area contributed by atoms with E-state index in [1.807, 2.05) is 22.6 Å². The second kappa shape index (κ2) is 9.86.